The van der Waals surface area contributed by atoms with E-state index in [0.717, 1.165) is 17.2 Å². The van der Waals surface area contributed by atoms with Crippen molar-refractivity contribution >= 4 is 28.2 Å². The van der Waals surface area contributed by atoms with Crippen LogP contribution < -0.4 is 10.9 Å². The lowest BCUT2D eigenvalue weighted by Gasteiger charge is -2.17. The molecule has 0 saturated carbocycles. The fraction of sp³-hybridized carbons (Fsp3) is 0.300. The third-order valence-electron chi connectivity index (χ3n) is 3.95. The molecule has 0 radical (unpaired) electrons. The number of hydrogen-bond acceptors (Lipinski definition) is 3. The topological polar surface area (TPSA) is 46.9 Å². The molecular formula is C20H22ClN3O. The van der Waals surface area contributed by atoms with E-state index in [0.29, 0.717) is 22.0 Å². The lowest BCUT2D eigenvalue weighted by atomic mass is 10.1. The molecule has 0 aliphatic heterocycles. The normalized spacial score (nSPS) is 11.5. The molecule has 0 aliphatic carbocycles. The maximum atomic E-state index is 13.1. The molecule has 0 spiro atoms. The molecule has 0 atom stereocenters. The smallest absolute Gasteiger partial charge is 0.265 e. The third kappa shape index (κ3) is 3.54. The second-order valence-electron chi connectivity index (χ2n) is 6.77. The second kappa shape index (κ2) is 6.89. The van der Waals surface area contributed by atoms with Crippen LogP contribution >= 0.6 is 11.6 Å². The summed E-state index contributed by atoms with van der Waals surface area (Å²) < 4.78 is 1.68. The summed E-state index contributed by atoms with van der Waals surface area (Å²) in [4.78, 5) is 17.9. The molecule has 1 aromatic heterocycles. The SMILES string of the molecule is CC(C)Nc1ccc2c(=O)n(-c3ccc(Cl)cc3)c(C(C)C)nc2c1. The van der Waals surface area contributed by atoms with E-state index in [1.807, 2.05) is 44.2 Å². The molecule has 2 aromatic carbocycles. The van der Waals surface area contributed by atoms with Crippen molar-refractivity contribution in [2.24, 2.45) is 0 Å². The van der Waals surface area contributed by atoms with E-state index in [4.69, 9.17) is 16.6 Å². The molecule has 0 saturated heterocycles. The molecule has 0 fully saturated rings. The van der Waals surface area contributed by atoms with Gasteiger partial charge in [0, 0.05) is 22.7 Å². The molecule has 25 heavy (non-hydrogen) atoms. The average Bonchev–Trinajstić information content (AvgIpc) is 2.55. The molecule has 1 heterocycles. The van der Waals surface area contributed by atoms with E-state index in [1.165, 1.54) is 0 Å². The monoisotopic (exact) mass is 355 g/mol. The molecule has 3 rings (SSSR count). The highest BCUT2D eigenvalue weighted by molar-refractivity contribution is 6.30. The van der Waals surface area contributed by atoms with Crippen molar-refractivity contribution in [2.75, 3.05) is 5.32 Å². The Balaban J connectivity index is 2.26. The van der Waals surface area contributed by atoms with Crippen molar-refractivity contribution in [3.8, 4) is 5.69 Å². The summed E-state index contributed by atoms with van der Waals surface area (Å²) in [7, 11) is 0. The Morgan fingerprint density at radius 2 is 1.72 bits per heavy atom. The van der Waals surface area contributed by atoms with Gasteiger partial charge >= 0.3 is 0 Å². The number of benzene rings is 2. The Bertz CT molecular complexity index is 959. The van der Waals surface area contributed by atoms with Crippen LogP contribution in [-0.4, -0.2) is 15.6 Å². The predicted octanol–water partition coefficient (Wildman–Crippen LogP) is 4.98. The minimum absolute atomic E-state index is 0.0629. The number of nitrogens with one attached hydrogen (secondary N) is 1. The van der Waals surface area contributed by atoms with Gasteiger partial charge in [0.05, 0.1) is 16.6 Å². The van der Waals surface area contributed by atoms with Gasteiger partial charge in [-0.3, -0.25) is 9.36 Å². The van der Waals surface area contributed by atoms with Crippen LogP contribution in [-0.2, 0) is 0 Å². The quantitative estimate of drug-likeness (QED) is 0.717. The first-order chi connectivity index (χ1) is 11.9. The third-order valence-corrected chi connectivity index (χ3v) is 4.20. The zero-order chi connectivity index (χ0) is 18.1. The summed E-state index contributed by atoms with van der Waals surface area (Å²) in [6.45, 7) is 8.23. The minimum Gasteiger partial charge on any atom is -0.383 e. The van der Waals surface area contributed by atoms with Gasteiger partial charge in [-0.2, -0.15) is 0 Å². The van der Waals surface area contributed by atoms with Crippen molar-refractivity contribution in [3.63, 3.8) is 0 Å². The molecule has 3 aromatic rings. The van der Waals surface area contributed by atoms with Gasteiger partial charge < -0.3 is 5.32 Å². The largest absolute Gasteiger partial charge is 0.383 e. The van der Waals surface area contributed by atoms with Crippen LogP contribution in [0.25, 0.3) is 16.6 Å². The summed E-state index contributed by atoms with van der Waals surface area (Å²) in [5.41, 5.74) is 2.39. The number of hydrogen-bond donors (Lipinski definition) is 1. The number of halogens is 1. The lowest BCUT2D eigenvalue weighted by Crippen LogP contribution is -2.24. The van der Waals surface area contributed by atoms with Gasteiger partial charge in [0.2, 0.25) is 0 Å². The molecule has 0 unspecified atom stereocenters. The van der Waals surface area contributed by atoms with Gasteiger partial charge in [0.1, 0.15) is 5.82 Å². The van der Waals surface area contributed by atoms with Crippen molar-refractivity contribution in [2.45, 2.75) is 39.7 Å². The summed E-state index contributed by atoms with van der Waals surface area (Å²) >= 11 is 5.99. The highest BCUT2D eigenvalue weighted by Crippen LogP contribution is 2.22. The Morgan fingerprint density at radius 3 is 2.32 bits per heavy atom. The summed E-state index contributed by atoms with van der Waals surface area (Å²) in [5.74, 6) is 0.844. The van der Waals surface area contributed by atoms with Crippen LogP contribution in [0.3, 0.4) is 0 Å². The predicted molar refractivity (Wildman–Crippen MR) is 105 cm³/mol. The van der Waals surface area contributed by atoms with Gasteiger partial charge in [-0.05, 0) is 56.3 Å². The number of aromatic nitrogens is 2. The van der Waals surface area contributed by atoms with Crippen LogP contribution in [0, 0.1) is 0 Å². The Kier molecular flexibility index (Phi) is 4.82. The molecular weight excluding hydrogens is 334 g/mol. The zero-order valence-electron chi connectivity index (χ0n) is 14.9. The van der Waals surface area contributed by atoms with Crippen LogP contribution in [0.2, 0.25) is 5.02 Å². The fourth-order valence-corrected chi connectivity index (χ4v) is 2.98. The molecule has 0 aliphatic rings. The maximum absolute atomic E-state index is 13.1. The fourth-order valence-electron chi connectivity index (χ4n) is 2.85. The molecule has 130 valence electrons. The van der Waals surface area contributed by atoms with E-state index < -0.39 is 0 Å². The van der Waals surface area contributed by atoms with E-state index in [1.54, 1.807) is 16.7 Å². The summed E-state index contributed by atoms with van der Waals surface area (Å²) in [6, 6.07) is 13.3. The highest BCUT2D eigenvalue weighted by Gasteiger charge is 2.15. The van der Waals surface area contributed by atoms with Crippen molar-refractivity contribution < 1.29 is 0 Å². The van der Waals surface area contributed by atoms with Gasteiger partial charge in [-0.1, -0.05) is 25.4 Å². The standard InChI is InChI=1S/C20H22ClN3O/c1-12(2)19-23-18-11-15(22-13(3)4)7-10-17(18)20(25)24(19)16-8-5-14(21)6-9-16/h5-13,22H,1-4H3. The number of nitrogens with zero attached hydrogens (tertiary/aromatic N) is 2. The lowest BCUT2D eigenvalue weighted by molar-refractivity contribution is 0.723. The Morgan fingerprint density at radius 1 is 1.04 bits per heavy atom. The number of rotatable bonds is 4. The van der Waals surface area contributed by atoms with Crippen molar-refractivity contribution in [1.82, 2.24) is 9.55 Å². The van der Waals surface area contributed by atoms with Crippen LogP contribution in [0.15, 0.2) is 47.3 Å². The maximum Gasteiger partial charge on any atom is 0.265 e. The Hall–Kier alpha value is -2.33. The second-order valence-corrected chi connectivity index (χ2v) is 7.21. The minimum atomic E-state index is -0.0629. The molecule has 0 amide bonds. The van der Waals surface area contributed by atoms with Crippen molar-refractivity contribution in [1.29, 1.82) is 0 Å². The molecule has 4 nitrogen and oxygen atoms in total. The van der Waals surface area contributed by atoms with E-state index >= 15 is 0 Å². The van der Waals surface area contributed by atoms with Gasteiger partial charge in [0.15, 0.2) is 0 Å². The van der Waals surface area contributed by atoms with Gasteiger partial charge in [0.25, 0.3) is 5.56 Å². The van der Waals surface area contributed by atoms with Gasteiger partial charge in [-0.15, -0.1) is 0 Å². The summed E-state index contributed by atoms with van der Waals surface area (Å²) in [5, 5.41) is 4.60. The molecule has 1 N–H and O–H groups in total. The van der Waals surface area contributed by atoms with E-state index in [2.05, 4.69) is 19.2 Å². The van der Waals surface area contributed by atoms with Crippen LogP contribution in [0.1, 0.15) is 39.4 Å². The molecule has 5 heteroatoms. The van der Waals surface area contributed by atoms with Crippen LogP contribution in [0.5, 0.6) is 0 Å². The first-order valence-corrected chi connectivity index (χ1v) is 8.84. The zero-order valence-corrected chi connectivity index (χ0v) is 15.6. The molecule has 0 bridgehead atoms. The average molecular weight is 356 g/mol. The number of anilines is 1. The van der Waals surface area contributed by atoms with Crippen molar-refractivity contribution in [3.05, 3.63) is 63.7 Å². The van der Waals surface area contributed by atoms with Gasteiger partial charge in [-0.25, -0.2) is 4.98 Å². The summed E-state index contributed by atoms with van der Waals surface area (Å²) in [6.07, 6.45) is 0. The Labute approximate surface area is 152 Å². The number of fused-ring (bicyclic) bond motifs is 1. The highest BCUT2D eigenvalue weighted by atomic mass is 35.5. The first kappa shape index (κ1) is 17.5. The first-order valence-electron chi connectivity index (χ1n) is 8.46. The van der Waals surface area contributed by atoms with E-state index in [9.17, 15) is 4.79 Å². The van der Waals surface area contributed by atoms with Crippen LogP contribution in [0.4, 0.5) is 5.69 Å². The van der Waals surface area contributed by atoms with E-state index in [-0.39, 0.29) is 11.5 Å².